The van der Waals surface area contributed by atoms with Gasteiger partial charge in [-0.25, -0.2) is 19.7 Å². The SMILES string of the molecule is O=C(Nc1nnn[nH]1)Nc1ncccc1C(=O)O. The number of aromatic amines is 1. The molecule has 0 aliphatic carbocycles. The Balaban J connectivity index is 2.09. The minimum absolute atomic E-state index is 0.0281. The smallest absolute Gasteiger partial charge is 0.339 e. The molecule has 2 heterocycles. The Morgan fingerprint density at radius 1 is 1.33 bits per heavy atom. The summed E-state index contributed by atoms with van der Waals surface area (Å²) >= 11 is 0. The maximum absolute atomic E-state index is 11.5. The number of carbonyl (C=O) groups is 2. The maximum atomic E-state index is 11.5. The molecule has 0 aliphatic heterocycles. The summed E-state index contributed by atoms with van der Waals surface area (Å²) in [6.45, 7) is 0. The standard InChI is InChI=1S/C8H7N7O3/c16-6(17)4-2-1-3-9-5(4)10-8(18)11-7-12-14-15-13-7/h1-3H,(H,16,17)(H3,9,10,11,12,13,14,15,18). The van der Waals surface area contributed by atoms with Crippen LogP contribution >= 0.6 is 0 Å². The molecule has 2 amide bonds. The second kappa shape index (κ2) is 4.86. The van der Waals surface area contributed by atoms with E-state index in [1.165, 1.54) is 18.3 Å². The molecule has 0 atom stereocenters. The van der Waals surface area contributed by atoms with E-state index < -0.39 is 12.0 Å². The van der Waals surface area contributed by atoms with Crippen LogP contribution in [0.4, 0.5) is 16.6 Å². The molecule has 0 aromatic carbocycles. The predicted molar refractivity (Wildman–Crippen MR) is 58.0 cm³/mol. The quantitative estimate of drug-likeness (QED) is 0.595. The topological polar surface area (TPSA) is 146 Å². The first-order valence-corrected chi connectivity index (χ1v) is 4.67. The van der Waals surface area contributed by atoms with Gasteiger partial charge < -0.3 is 5.11 Å². The molecule has 4 N–H and O–H groups in total. The molecule has 92 valence electrons. The fourth-order valence-electron chi connectivity index (χ4n) is 1.14. The van der Waals surface area contributed by atoms with Gasteiger partial charge in [-0.2, -0.15) is 0 Å². The van der Waals surface area contributed by atoms with Crippen molar-refractivity contribution in [2.24, 2.45) is 0 Å². The van der Waals surface area contributed by atoms with E-state index in [1.54, 1.807) is 0 Å². The zero-order valence-electron chi connectivity index (χ0n) is 8.78. The van der Waals surface area contributed by atoms with Gasteiger partial charge in [0.15, 0.2) is 0 Å². The largest absolute Gasteiger partial charge is 0.478 e. The minimum Gasteiger partial charge on any atom is -0.478 e. The van der Waals surface area contributed by atoms with Crippen LogP contribution in [-0.4, -0.2) is 42.7 Å². The van der Waals surface area contributed by atoms with E-state index in [2.05, 4.69) is 36.2 Å². The van der Waals surface area contributed by atoms with E-state index in [0.29, 0.717) is 0 Å². The molecule has 10 heteroatoms. The van der Waals surface area contributed by atoms with Crippen LogP contribution in [0.1, 0.15) is 10.4 Å². The third-order valence-corrected chi connectivity index (χ3v) is 1.85. The number of tetrazole rings is 1. The van der Waals surface area contributed by atoms with Gasteiger partial charge in [-0.05, 0) is 22.6 Å². The van der Waals surface area contributed by atoms with Gasteiger partial charge in [0.25, 0.3) is 0 Å². The molecule has 0 aliphatic rings. The van der Waals surface area contributed by atoms with Gasteiger partial charge in [0.1, 0.15) is 11.4 Å². The average Bonchev–Trinajstić information content (AvgIpc) is 2.82. The Bertz CT molecular complexity index is 568. The molecule has 10 nitrogen and oxygen atoms in total. The molecule has 2 rings (SSSR count). The summed E-state index contributed by atoms with van der Waals surface area (Å²) < 4.78 is 0. The normalized spacial score (nSPS) is 9.78. The lowest BCUT2D eigenvalue weighted by Gasteiger charge is -2.06. The van der Waals surface area contributed by atoms with Gasteiger partial charge >= 0.3 is 12.0 Å². The van der Waals surface area contributed by atoms with E-state index in [-0.39, 0.29) is 17.3 Å². The Morgan fingerprint density at radius 3 is 2.83 bits per heavy atom. The lowest BCUT2D eigenvalue weighted by Crippen LogP contribution is -2.22. The number of pyridine rings is 1. The van der Waals surface area contributed by atoms with Crippen molar-refractivity contribution in [2.75, 3.05) is 10.6 Å². The molecule has 0 saturated heterocycles. The monoisotopic (exact) mass is 249 g/mol. The number of hydrogen-bond acceptors (Lipinski definition) is 6. The summed E-state index contributed by atoms with van der Waals surface area (Å²) in [5.41, 5.74) is -0.122. The van der Waals surface area contributed by atoms with Crippen LogP contribution < -0.4 is 10.6 Å². The second-order valence-corrected chi connectivity index (χ2v) is 3.03. The second-order valence-electron chi connectivity index (χ2n) is 3.03. The number of aromatic nitrogens is 5. The van der Waals surface area contributed by atoms with E-state index in [9.17, 15) is 9.59 Å². The summed E-state index contributed by atoms with van der Waals surface area (Å²) in [6.07, 6.45) is 1.36. The molecule has 0 unspecified atom stereocenters. The van der Waals surface area contributed by atoms with Gasteiger partial charge in [0, 0.05) is 6.20 Å². The van der Waals surface area contributed by atoms with E-state index >= 15 is 0 Å². The number of H-pyrrole nitrogens is 1. The van der Waals surface area contributed by atoms with Crippen molar-refractivity contribution >= 4 is 23.8 Å². The summed E-state index contributed by atoms with van der Waals surface area (Å²) in [5.74, 6) is -1.24. The number of nitrogens with zero attached hydrogens (tertiary/aromatic N) is 4. The highest BCUT2D eigenvalue weighted by Gasteiger charge is 2.13. The van der Waals surface area contributed by atoms with Crippen molar-refractivity contribution in [1.29, 1.82) is 0 Å². The molecule has 0 radical (unpaired) electrons. The Labute approximate surface area is 99.4 Å². The zero-order valence-corrected chi connectivity index (χ0v) is 8.78. The first-order chi connectivity index (χ1) is 8.66. The summed E-state index contributed by atoms with van der Waals surface area (Å²) in [7, 11) is 0. The number of carboxylic acids is 1. The average molecular weight is 249 g/mol. The van der Waals surface area contributed by atoms with Crippen molar-refractivity contribution < 1.29 is 14.7 Å². The minimum atomic E-state index is -1.19. The molecule has 0 bridgehead atoms. The molecule has 18 heavy (non-hydrogen) atoms. The lowest BCUT2D eigenvalue weighted by molar-refractivity contribution is 0.0697. The molecule has 2 aromatic rings. The first kappa shape index (κ1) is 11.4. The van der Waals surface area contributed by atoms with Crippen molar-refractivity contribution in [2.45, 2.75) is 0 Å². The fourth-order valence-corrected chi connectivity index (χ4v) is 1.14. The van der Waals surface area contributed by atoms with Gasteiger partial charge in [-0.1, -0.05) is 5.10 Å². The number of aromatic carboxylic acids is 1. The Hall–Kier alpha value is -3.04. The number of urea groups is 1. The number of hydrogen-bond donors (Lipinski definition) is 4. The van der Waals surface area contributed by atoms with Crippen molar-refractivity contribution in [3.8, 4) is 0 Å². The summed E-state index contributed by atoms with van der Waals surface area (Å²) in [6, 6.07) is 2.06. The zero-order chi connectivity index (χ0) is 13.0. The lowest BCUT2D eigenvalue weighted by atomic mass is 10.2. The number of amides is 2. The first-order valence-electron chi connectivity index (χ1n) is 4.67. The van der Waals surface area contributed by atoms with Crippen molar-refractivity contribution in [1.82, 2.24) is 25.6 Å². The molecule has 2 aromatic heterocycles. The van der Waals surface area contributed by atoms with Gasteiger partial charge in [-0.3, -0.25) is 10.6 Å². The van der Waals surface area contributed by atoms with Crippen LogP contribution in [0.25, 0.3) is 0 Å². The van der Waals surface area contributed by atoms with Crippen LogP contribution in [0.2, 0.25) is 0 Å². The van der Waals surface area contributed by atoms with Gasteiger partial charge in [0.05, 0.1) is 0 Å². The Kier molecular flexibility index (Phi) is 3.09. The van der Waals surface area contributed by atoms with Crippen LogP contribution in [-0.2, 0) is 0 Å². The molecule has 0 fully saturated rings. The predicted octanol–water partition coefficient (Wildman–Crippen LogP) is -0.0631. The number of rotatable bonds is 3. The maximum Gasteiger partial charge on any atom is 0.339 e. The number of anilines is 2. The van der Waals surface area contributed by atoms with E-state index in [4.69, 9.17) is 5.11 Å². The van der Waals surface area contributed by atoms with Crippen LogP contribution in [0.15, 0.2) is 18.3 Å². The molecular formula is C8H7N7O3. The fraction of sp³-hybridized carbons (Fsp3) is 0. The number of carboxylic acid groups (broad SMARTS) is 1. The van der Waals surface area contributed by atoms with E-state index in [0.717, 1.165) is 0 Å². The highest BCUT2D eigenvalue weighted by Crippen LogP contribution is 2.11. The summed E-state index contributed by atoms with van der Waals surface area (Å²) in [4.78, 5) is 26.1. The van der Waals surface area contributed by atoms with Crippen molar-refractivity contribution in [3.63, 3.8) is 0 Å². The van der Waals surface area contributed by atoms with Crippen LogP contribution in [0.3, 0.4) is 0 Å². The van der Waals surface area contributed by atoms with E-state index in [1.807, 2.05) is 0 Å². The highest BCUT2D eigenvalue weighted by molar-refractivity contribution is 6.02. The van der Waals surface area contributed by atoms with Crippen LogP contribution in [0, 0.1) is 0 Å². The van der Waals surface area contributed by atoms with Crippen LogP contribution in [0.5, 0.6) is 0 Å². The van der Waals surface area contributed by atoms with Gasteiger partial charge in [-0.15, -0.1) is 0 Å². The third kappa shape index (κ3) is 2.55. The number of nitrogens with one attached hydrogen (secondary N) is 3. The molecular weight excluding hydrogens is 242 g/mol. The molecule has 0 spiro atoms. The summed E-state index contributed by atoms with van der Waals surface area (Å²) in [5, 5.41) is 25.7. The highest BCUT2D eigenvalue weighted by atomic mass is 16.4. The van der Waals surface area contributed by atoms with Crippen molar-refractivity contribution in [3.05, 3.63) is 23.9 Å². The van der Waals surface area contributed by atoms with Gasteiger partial charge in [0.2, 0.25) is 5.95 Å². The number of carbonyl (C=O) groups excluding carboxylic acids is 1. The molecule has 0 saturated carbocycles. The third-order valence-electron chi connectivity index (χ3n) is 1.85. The Morgan fingerprint density at radius 2 is 2.17 bits per heavy atom.